The molecule has 2 amide bonds. The molecular weight excluding hydrogens is 696 g/mol. The van der Waals surface area contributed by atoms with Crippen molar-refractivity contribution in [2.45, 2.75) is 62.6 Å². The molecule has 0 aromatic heterocycles. The van der Waals surface area contributed by atoms with Gasteiger partial charge in [-0.2, -0.15) is 0 Å². The van der Waals surface area contributed by atoms with Crippen LogP contribution >= 0.6 is 45.8 Å². The molecule has 0 saturated heterocycles. The zero-order chi connectivity index (χ0) is 29.6. The van der Waals surface area contributed by atoms with E-state index >= 15 is 0 Å². The molecule has 41 heavy (non-hydrogen) atoms. The van der Waals surface area contributed by atoms with E-state index in [4.69, 9.17) is 23.2 Å². The first-order chi connectivity index (χ1) is 19.6. The number of anilines is 1. The number of nitrogens with zero attached hydrogens (tertiary/aromatic N) is 2. The van der Waals surface area contributed by atoms with E-state index in [0.29, 0.717) is 27.7 Å². The Morgan fingerprint density at radius 1 is 0.951 bits per heavy atom. The Labute approximate surface area is 265 Å². The molecule has 0 radical (unpaired) electrons. The van der Waals surface area contributed by atoms with E-state index < -0.39 is 28.5 Å². The molecule has 1 aliphatic carbocycles. The van der Waals surface area contributed by atoms with Gasteiger partial charge in [0.05, 0.1) is 10.6 Å². The molecule has 3 aromatic rings. The van der Waals surface area contributed by atoms with Gasteiger partial charge in [-0.05, 0) is 90.4 Å². The number of hydrogen-bond donors (Lipinski definition) is 1. The maximum atomic E-state index is 14.2. The third-order valence-corrected chi connectivity index (χ3v) is 10.4. The topological polar surface area (TPSA) is 86.8 Å². The van der Waals surface area contributed by atoms with Crippen LogP contribution in [0.1, 0.15) is 44.6 Å². The molecule has 3 aromatic carbocycles. The number of sulfonamides is 1. The van der Waals surface area contributed by atoms with Gasteiger partial charge in [-0.15, -0.1) is 0 Å². The summed E-state index contributed by atoms with van der Waals surface area (Å²) in [6.45, 7) is 1.25. The molecule has 1 N–H and O–H groups in total. The van der Waals surface area contributed by atoms with Crippen LogP contribution in [0.15, 0.2) is 77.7 Å². The van der Waals surface area contributed by atoms with Crippen LogP contribution in [-0.4, -0.2) is 43.8 Å². The van der Waals surface area contributed by atoms with Gasteiger partial charge in [-0.1, -0.05) is 67.2 Å². The average Bonchev–Trinajstić information content (AvgIpc) is 3.47. The lowest BCUT2D eigenvalue weighted by molar-refractivity contribution is -0.140. The molecule has 1 atom stereocenters. The summed E-state index contributed by atoms with van der Waals surface area (Å²) in [5.41, 5.74) is 0.824. The zero-order valence-corrected chi connectivity index (χ0v) is 27.1. The fourth-order valence-electron chi connectivity index (χ4n) is 5.00. The number of rotatable bonds is 11. The minimum Gasteiger partial charge on any atom is -0.352 e. The quantitative estimate of drug-likeness (QED) is 0.224. The summed E-state index contributed by atoms with van der Waals surface area (Å²) >= 11 is 15.1. The molecule has 1 saturated carbocycles. The molecule has 0 spiro atoms. The number of carbonyl (C=O) groups excluding carboxylic acids is 2. The molecule has 0 bridgehead atoms. The van der Waals surface area contributed by atoms with Crippen molar-refractivity contribution in [3.05, 3.63) is 92.0 Å². The number of carbonyl (C=O) groups is 2. The second kappa shape index (κ2) is 14.2. The minimum atomic E-state index is -4.13. The summed E-state index contributed by atoms with van der Waals surface area (Å²) in [6, 6.07) is 19.1. The molecule has 1 unspecified atom stereocenters. The molecule has 7 nitrogen and oxygen atoms in total. The standard InChI is InChI=1S/C30H32Cl2IN3O4S/c1-2-28(30(38)34-22-9-6-7-10-22)35(19-25-26(31)13-8-14-27(25)32)29(37)20-36(23-17-15-21(33)16-18-23)41(39,40)24-11-4-3-5-12-24/h3-5,8,11-18,22,28H,2,6-7,9-10,19-20H2,1H3,(H,34,38). The van der Waals surface area contributed by atoms with E-state index in [1.54, 1.807) is 60.7 Å². The van der Waals surface area contributed by atoms with E-state index in [0.717, 1.165) is 33.6 Å². The van der Waals surface area contributed by atoms with E-state index in [2.05, 4.69) is 27.9 Å². The van der Waals surface area contributed by atoms with E-state index in [-0.39, 0.29) is 23.4 Å². The van der Waals surface area contributed by atoms with Crippen molar-refractivity contribution in [2.24, 2.45) is 0 Å². The first-order valence-electron chi connectivity index (χ1n) is 13.5. The van der Waals surface area contributed by atoms with Crippen molar-refractivity contribution >= 4 is 73.3 Å². The van der Waals surface area contributed by atoms with Crippen LogP contribution in [-0.2, 0) is 26.2 Å². The molecule has 4 rings (SSSR count). The van der Waals surface area contributed by atoms with Crippen molar-refractivity contribution in [3.8, 4) is 0 Å². The maximum absolute atomic E-state index is 14.2. The average molecular weight is 728 g/mol. The Bertz CT molecular complexity index is 1450. The molecule has 1 aliphatic rings. The van der Waals surface area contributed by atoms with E-state index in [9.17, 15) is 18.0 Å². The Morgan fingerprint density at radius 3 is 2.15 bits per heavy atom. The van der Waals surface area contributed by atoms with E-state index in [1.165, 1.54) is 17.0 Å². The number of benzene rings is 3. The Kier molecular flexibility index (Phi) is 11.0. The lowest BCUT2D eigenvalue weighted by Crippen LogP contribution is -2.53. The van der Waals surface area contributed by atoms with Gasteiger partial charge >= 0.3 is 0 Å². The maximum Gasteiger partial charge on any atom is 0.264 e. The first-order valence-corrected chi connectivity index (χ1v) is 16.8. The summed E-state index contributed by atoms with van der Waals surface area (Å²) in [7, 11) is -4.13. The Balaban J connectivity index is 1.73. The predicted molar refractivity (Wildman–Crippen MR) is 172 cm³/mol. The number of amides is 2. The summed E-state index contributed by atoms with van der Waals surface area (Å²) < 4.78 is 29.8. The van der Waals surface area contributed by atoms with Crippen molar-refractivity contribution in [1.29, 1.82) is 0 Å². The first kappa shape index (κ1) is 31.6. The lowest BCUT2D eigenvalue weighted by atomic mass is 10.1. The minimum absolute atomic E-state index is 0.0538. The molecule has 1 fully saturated rings. The number of nitrogens with one attached hydrogen (secondary N) is 1. The van der Waals surface area contributed by atoms with Crippen LogP contribution in [0.25, 0.3) is 0 Å². The third-order valence-electron chi connectivity index (χ3n) is 7.20. The zero-order valence-electron chi connectivity index (χ0n) is 22.6. The smallest absolute Gasteiger partial charge is 0.264 e. The third kappa shape index (κ3) is 7.74. The van der Waals surface area contributed by atoms with Crippen LogP contribution in [0, 0.1) is 3.57 Å². The Morgan fingerprint density at radius 2 is 1.56 bits per heavy atom. The summed E-state index contributed by atoms with van der Waals surface area (Å²) in [5, 5.41) is 3.80. The van der Waals surface area contributed by atoms with Crippen LogP contribution in [0.3, 0.4) is 0 Å². The van der Waals surface area contributed by atoms with Gasteiger partial charge in [0, 0.05) is 31.8 Å². The largest absolute Gasteiger partial charge is 0.352 e. The number of hydrogen-bond acceptors (Lipinski definition) is 4. The molecule has 0 heterocycles. The van der Waals surface area contributed by atoms with Gasteiger partial charge in [-0.25, -0.2) is 8.42 Å². The van der Waals surface area contributed by atoms with Crippen molar-refractivity contribution in [3.63, 3.8) is 0 Å². The predicted octanol–water partition coefficient (Wildman–Crippen LogP) is 6.66. The van der Waals surface area contributed by atoms with Gasteiger partial charge in [0.15, 0.2) is 0 Å². The highest BCUT2D eigenvalue weighted by molar-refractivity contribution is 14.1. The van der Waals surface area contributed by atoms with Crippen molar-refractivity contribution in [1.82, 2.24) is 10.2 Å². The monoisotopic (exact) mass is 727 g/mol. The summed E-state index contributed by atoms with van der Waals surface area (Å²) in [5.74, 6) is -0.824. The lowest BCUT2D eigenvalue weighted by Gasteiger charge is -2.34. The SMILES string of the molecule is CCC(C(=O)NC1CCCC1)N(Cc1c(Cl)cccc1Cl)C(=O)CN(c1ccc(I)cc1)S(=O)(=O)c1ccccc1. The normalized spacial score (nSPS) is 14.4. The molecular formula is C30H32Cl2IN3O4S. The van der Waals surface area contributed by atoms with Gasteiger partial charge in [0.2, 0.25) is 11.8 Å². The van der Waals surface area contributed by atoms with Crippen molar-refractivity contribution < 1.29 is 18.0 Å². The number of halogens is 3. The van der Waals surface area contributed by atoms with Crippen molar-refractivity contribution in [2.75, 3.05) is 10.8 Å². The fraction of sp³-hybridized carbons (Fsp3) is 0.333. The van der Waals surface area contributed by atoms with Crippen LogP contribution in [0.4, 0.5) is 5.69 Å². The molecule has 11 heteroatoms. The van der Waals surface area contributed by atoms with Crippen LogP contribution in [0.2, 0.25) is 10.0 Å². The highest BCUT2D eigenvalue weighted by Gasteiger charge is 2.35. The van der Waals surface area contributed by atoms with Gasteiger partial charge in [-0.3, -0.25) is 13.9 Å². The van der Waals surface area contributed by atoms with Gasteiger partial charge < -0.3 is 10.2 Å². The second-order valence-electron chi connectivity index (χ2n) is 9.94. The van der Waals surface area contributed by atoms with Crippen LogP contribution < -0.4 is 9.62 Å². The highest BCUT2D eigenvalue weighted by Crippen LogP contribution is 2.29. The summed E-state index contributed by atoms with van der Waals surface area (Å²) in [6.07, 6.45) is 4.19. The fourth-order valence-corrected chi connectivity index (χ4v) is 7.31. The second-order valence-corrected chi connectivity index (χ2v) is 13.9. The summed E-state index contributed by atoms with van der Waals surface area (Å²) in [4.78, 5) is 29.2. The highest BCUT2D eigenvalue weighted by atomic mass is 127. The van der Waals surface area contributed by atoms with Gasteiger partial charge in [0.1, 0.15) is 12.6 Å². The van der Waals surface area contributed by atoms with Gasteiger partial charge in [0.25, 0.3) is 10.0 Å². The van der Waals surface area contributed by atoms with E-state index in [1.807, 2.05) is 6.92 Å². The molecule has 0 aliphatic heterocycles. The van der Waals surface area contributed by atoms with Crippen LogP contribution in [0.5, 0.6) is 0 Å². The Hall–Kier alpha value is -2.34. The molecule has 218 valence electrons.